The molecule has 3 heterocycles. The first kappa shape index (κ1) is 23.4. The van der Waals surface area contributed by atoms with Crippen LogP contribution in [0.2, 0.25) is 0 Å². The molecule has 2 saturated heterocycles. The van der Waals surface area contributed by atoms with Crippen molar-refractivity contribution in [1.29, 1.82) is 0 Å². The van der Waals surface area contributed by atoms with E-state index in [9.17, 15) is 0 Å². The number of allylic oxidation sites excluding steroid dienone is 1. The van der Waals surface area contributed by atoms with E-state index in [2.05, 4.69) is 45.8 Å². The van der Waals surface area contributed by atoms with Crippen LogP contribution in [0.25, 0.3) is 0 Å². The summed E-state index contributed by atoms with van der Waals surface area (Å²) in [5.74, 6) is 4.77. The Kier molecular flexibility index (Phi) is 7.76. The normalized spacial score (nSPS) is 29.5. The lowest BCUT2D eigenvalue weighted by Crippen LogP contribution is -2.44. The first-order chi connectivity index (χ1) is 16.3. The van der Waals surface area contributed by atoms with Crippen molar-refractivity contribution in [2.45, 2.75) is 75.0 Å². The highest BCUT2D eigenvalue weighted by Gasteiger charge is 2.47. The number of unbranched alkanes of at least 4 members (excludes halogenated alkanes) is 2. The summed E-state index contributed by atoms with van der Waals surface area (Å²) in [6, 6.07) is 7.47. The molecule has 182 valence electrons. The Morgan fingerprint density at radius 2 is 1.82 bits per heavy atom. The van der Waals surface area contributed by atoms with E-state index in [1.165, 1.54) is 100 Å². The van der Waals surface area contributed by atoms with Crippen molar-refractivity contribution in [2.75, 3.05) is 51.1 Å². The van der Waals surface area contributed by atoms with E-state index in [-0.39, 0.29) is 0 Å². The monoisotopic (exact) mass is 470 g/mol. The predicted molar refractivity (Wildman–Crippen MR) is 140 cm³/mol. The number of methoxy groups -OCH3 is 2. The summed E-state index contributed by atoms with van der Waals surface area (Å²) in [7, 11) is 3.63. The minimum atomic E-state index is 0.585. The molecule has 5 heteroatoms. The summed E-state index contributed by atoms with van der Waals surface area (Å²) in [5, 5.41) is 0.585. The van der Waals surface area contributed by atoms with Gasteiger partial charge in [0, 0.05) is 35.9 Å². The Bertz CT molecular complexity index is 822. The van der Waals surface area contributed by atoms with Gasteiger partial charge in [0.25, 0.3) is 0 Å². The van der Waals surface area contributed by atoms with E-state index in [0.29, 0.717) is 23.1 Å². The van der Waals surface area contributed by atoms with Gasteiger partial charge >= 0.3 is 0 Å². The van der Waals surface area contributed by atoms with Gasteiger partial charge in [-0.25, -0.2) is 0 Å². The summed E-state index contributed by atoms with van der Waals surface area (Å²) in [4.78, 5) is 5.50. The molecule has 0 saturated carbocycles. The van der Waals surface area contributed by atoms with Crippen LogP contribution < -0.4 is 9.64 Å². The third kappa shape index (κ3) is 5.05. The summed E-state index contributed by atoms with van der Waals surface area (Å²) in [5.41, 5.74) is 3.02. The number of rotatable bonds is 8. The summed E-state index contributed by atoms with van der Waals surface area (Å²) in [6.07, 6.45) is 14.3. The lowest BCUT2D eigenvalue weighted by Gasteiger charge is -2.39. The third-order valence-electron chi connectivity index (χ3n) is 8.47. The van der Waals surface area contributed by atoms with Crippen molar-refractivity contribution in [3.8, 4) is 5.75 Å². The Labute approximate surface area is 205 Å². The molecule has 0 N–H and O–H groups in total. The van der Waals surface area contributed by atoms with Crippen LogP contribution in [0.5, 0.6) is 5.75 Å². The van der Waals surface area contributed by atoms with Crippen molar-refractivity contribution in [2.24, 2.45) is 5.92 Å². The first-order valence-electron chi connectivity index (χ1n) is 13.3. The van der Waals surface area contributed by atoms with E-state index in [1.54, 1.807) is 7.11 Å². The number of benzene rings is 1. The third-order valence-corrected chi connectivity index (χ3v) is 9.82. The lowest BCUT2D eigenvalue weighted by molar-refractivity contribution is 0.224. The number of hydrogen-bond acceptors (Lipinski definition) is 5. The molecule has 2 fully saturated rings. The molecule has 1 aliphatic carbocycles. The zero-order chi connectivity index (χ0) is 22.6. The van der Waals surface area contributed by atoms with Crippen LogP contribution in [0.3, 0.4) is 0 Å². The van der Waals surface area contributed by atoms with Crippen LogP contribution >= 0.6 is 11.8 Å². The van der Waals surface area contributed by atoms with Gasteiger partial charge in [0.2, 0.25) is 0 Å². The molecular formula is C28H42N2O2S. The average molecular weight is 471 g/mol. The fourth-order valence-corrected chi connectivity index (χ4v) is 8.24. The number of nitrogens with zero attached hydrogens (tertiary/aromatic N) is 2. The van der Waals surface area contributed by atoms with Crippen LogP contribution in [0.1, 0.15) is 69.3 Å². The fourth-order valence-electron chi connectivity index (χ4n) is 6.78. The number of hydrogen-bond donors (Lipinski definition) is 0. The molecule has 4 nitrogen and oxygen atoms in total. The Hall–Kier alpha value is -1.33. The molecule has 1 aromatic carbocycles. The van der Waals surface area contributed by atoms with Gasteiger partial charge in [0.05, 0.1) is 20.0 Å². The van der Waals surface area contributed by atoms with E-state index < -0.39 is 0 Å². The molecule has 4 atom stereocenters. The maximum absolute atomic E-state index is 5.67. The molecule has 1 aromatic rings. The number of thioether (sulfide) groups is 1. The van der Waals surface area contributed by atoms with Gasteiger partial charge in [0.1, 0.15) is 5.75 Å². The number of piperidine rings is 1. The molecule has 0 bridgehead atoms. The van der Waals surface area contributed by atoms with Crippen LogP contribution in [0, 0.1) is 5.92 Å². The van der Waals surface area contributed by atoms with Gasteiger partial charge in [-0.2, -0.15) is 11.8 Å². The number of anilines is 1. The van der Waals surface area contributed by atoms with E-state index in [0.717, 1.165) is 12.2 Å². The van der Waals surface area contributed by atoms with E-state index >= 15 is 0 Å². The number of ether oxygens (including phenoxy) is 2. The van der Waals surface area contributed by atoms with Crippen LogP contribution in [0.4, 0.5) is 5.69 Å². The second-order valence-corrected chi connectivity index (χ2v) is 11.6. The van der Waals surface area contributed by atoms with Gasteiger partial charge < -0.3 is 19.3 Å². The molecular weight excluding hydrogens is 428 g/mol. The Balaban J connectivity index is 1.30. The molecule has 0 aromatic heterocycles. The molecule has 0 spiro atoms. The predicted octanol–water partition coefficient (Wildman–Crippen LogP) is 6.07. The highest BCUT2D eigenvalue weighted by molar-refractivity contribution is 8.00. The summed E-state index contributed by atoms with van der Waals surface area (Å²) < 4.78 is 11.3. The number of likely N-dealkylation sites (tertiary alicyclic amines) is 1. The lowest BCUT2D eigenvalue weighted by atomic mass is 9.78. The number of fused-ring (bicyclic) bond motifs is 5. The molecule has 33 heavy (non-hydrogen) atoms. The molecule has 0 amide bonds. The van der Waals surface area contributed by atoms with Gasteiger partial charge in [-0.1, -0.05) is 12.8 Å². The second-order valence-electron chi connectivity index (χ2n) is 10.3. The summed E-state index contributed by atoms with van der Waals surface area (Å²) >= 11 is 2.16. The van der Waals surface area contributed by atoms with Crippen molar-refractivity contribution < 1.29 is 9.47 Å². The quantitative estimate of drug-likeness (QED) is 0.430. The topological polar surface area (TPSA) is 24.9 Å². The van der Waals surface area contributed by atoms with E-state index in [1.807, 2.05) is 7.11 Å². The Morgan fingerprint density at radius 3 is 2.64 bits per heavy atom. The maximum atomic E-state index is 5.67. The fraction of sp³-hybridized carbons (Fsp3) is 0.714. The molecule has 4 aliphatic rings. The largest absolute Gasteiger partial charge is 0.501 e. The van der Waals surface area contributed by atoms with Gasteiger partial charge in [-0.15, -0.1) is 0 Å². The van der Waals surface area contributed by atoms with Crippen molar-refractivity contribution >= 4 is 17.4 Å². The van der Waals surface area contributed by atoms with Crippen LogP contribution in [-0.4, -0.2) is 62.3 Å². The van der Waals surface area contributed by atoms with Gasteiger partial charge in [-0.3, -0.25) is 0 Å². The zero-order valence-corrected chi connectivity index (χ0v) is 21.5. The van der Waals surface area contributed by atoms with Gasteiger partial charge in [0.15, 0.2) is 0 Å². The van der Waals surface area contributed by atoms with Crippen molar-refractivity contribution in [1.82, 2.24) is 4.90 Å². The van der Waals surface area contributed by atoms with Crippen LogP contribution in [0.15, 0.2) is 30.0 Å². The standard InChI is InChI=1S/C28H42N2O2S/c1-31-21-10-12-26-25(19-21)23-13-18-33-27-20-22(32-2)9-11-24(27)28(23)30(26)17-8-4-7-16-29-14-5-3-6-15-29/h10,12,19-20,23-24,27-28H,3-9,11,13-18H2,1-2H3. The Morgan fingerprint density at radius 1 is 0.970 bits per heavy atom. The maximum Gasteiger partial charge on any atom is 0.119 e. The second kappa shape index (κ2) is 10.9. The van der Waals surface area contributed by atoms with Crippen LogP contribution in [-0.2, 0) is 4.74 Å². The molecule has 0 radical (unpaired) electrons. The van der Waals surface area contributed by atoms with Crippen molar-refractivity contribution in [3.05, 3.63) is 35.6 Å². The summed E-state index contributed by atoms with van der Waals surface area (Å²) in [6.45, 7) is 5.13. The minimum Gasteiger partial charge on any atom is -0.501 e. The molecule has 5 rings (SSSR count). The SMILES string of the molecule is COC1=CC2SCCC3c4cc(OC)ccc4N(CCCCCN4CCCCC4)C3C2CC1. The van der Waals surface area contributed by atoms with Gasteiger partial charge in [-0.05, 0) is 99.7 Å². The average Bonchev–Trinajstić information content (AvgIpc) is 3.03. The van der Waals surface area contributed by atoms with Crippen molar-refractivity contribution in [3.63, 3.8) is 0 Å². The smallest absolute Gasteiger partial charge is 0.119 e. The molecule has 4 unspecified atom stereocenters. The first-order valence-corrected chi connectivity index (χ1v) is 14.4. The highest BCUT2D eigenvalue weighted by atomic mass is 32.2. The highest BCUT2D eigenvalue weighted by Crippen LogP contribution is 2.53. The zero-order valence-electron chi connectivity index (χ0n) is 20.6. The minimum absolute atomic E-state index is 0.585. The van der Waals surface area contributed by atoms with E-state index in [4.69, 9.17) is 9.47 Å². The molecule has 3 aliphatic heterocycles.